The van der Waals surface area contributed by atoms with E-state index in [2.05, 4.69) is 22.2 Å². The van der Waals surface area contributed by atoms with Crippen molar-refractivity contribution in [2.24, 2.45) is 0 Å². The molecule has 0 aliphatic carbocycles. The molecule has 0 radical (unpaired) electrons. The lowest BCUT2D eigenvalue weighted by Gasteiger charge is -2.47. The van der Waals surface area contributed by atoms with E-state index in [9.17, 15) is 9.18 Å². The van der Waals surface area contributed by atoms with E-state index < -0.39 is 6.14 Å². The number of halogens is 1. The van der Waals surface area contributed by atoms with Gasteiger partial charge in [-0.2, -0.15) is 4.98 Å². The topological polar surface area (TPSA) is 58.4 Å². The molecular formula is C17H20FN3O2. The van der Waals surface area contributed by atoms with Crippen LogP contribution in [0.5, 0.6) is 0 Å². The van der Waals surface area contributed by atoms with Crippen molar-refractivity contribution in [1.82, 2.24) is 15.2 Å². The second kappa shape index (κ2) is 5.60. The summed E-state index contributed by atoms with van der Waals surface area (Å²) in [4.78, 5) is 18.8. The van der Waals surface area contributed by atoms with E-state index in [1.54, 1.807) is 18.2 Å². The van der Waals surface area contributed by atoms with Gasteiger partial charge in [0.05, 0.1) is 5.56 Å². The molecular weight excluding hydrogens is 297 g/mol. The quantitative estimate of drug-likeness (QED) is 0.925. The molecule has 1 amide bonds. The highest BCUT2D eigenvalue weighted by Gasteiger charge is 2.36. The zero-order chi connectivity index (χ0) is 16.0. The Hall–Kier alpha value is -1.95. The van der Waals surface area contributed by atoms with Crippen molar-refractivity contribution in [2.45, 2.75) is 50.2 Å². The van der Waals surface area contributed by atoms with Crippen LogP contribution in [0.1, 0.15) is 42.5 Å². The smallest absolute Gasteiger partial charge is 0.382 e. The van der Waals surface area contributed by atoms with E-state index >= 15 is 0 Å². The molecule has 2 saturated heterocycles. The third kappa shape index (κ3) is 2.61. The van der Waals surface area contributed by atoms with Gasteiger partial charge in [-0.3, -0.25) is 4.79 Å². The van der Waals surface area contributed by atoms with Crippen molar-refractivity contribution < 1.29 is 13.6 Å². The SMILES string of the molecule is CN1C2CCCC1CC(NC(=O)c1cccc3oc(F)nc13)C2. The molecule has 2 bridgehead atoms. The maximum absolute atomic E-state index is 13.2. The average Bonchev–Trinajstić information content (AvgIpc) is 2.88. The fraction of sp³-hybridized carbons (Fsp3) is 0.529. The van der Waals surface area contributed by atoms with Crippen LogP contribution < -0.4 is 5.32 Å². The number of fused-ring (bicyclic) bond motifs is 3. The summed E-state index contributed by atoms with van der Waals surface area (Å²) in [5.41, 5.74) is 0.963. The number of para-hydroxylation sites is 1. The van der Waals surface area contributed by atoms with Gasteiger partial charge in [-0.05, 0) is 44.9 Å². The van der Waals surface area contributed by atoms with E-state index in [0.717, 1.165) is 12.8 Å². The number of hydrogen-bond acceptors (Lipinski definition) is 4. The summed E-state index contributed by atoms with van der Waals surface area (Å²) < 4.78 is 18.1. The lowest BCUT2D eigenvalue weighted by atomic mass is 9.82. The number of hydrogen-bond donors (Lipinski definition) is 1. The number of aromatic nitrogens is 1. The highest BCUT2D eigenvalue weighted by Crippen LogP contribution is 2.32. The summed E-state index contributed by atoms with van der Waals surface area (Å²) >= 11 is 0. The Morgan fingerprint density at radius 2 is 2.09 bits per heavy atom. The molecule has 2 aliphatic heterocycles. The number of piperidine rings is 2. The lowest BCUT2D eigenvalue weighted by molar-refractivity contribution is 0.0463. The van der Waals surface area contributed by atoms with Crippen LogP contribution in [-0.4, -0.2) is 41.0 Å². The van der Waals surface area contributed by atoms with Gasteiger partial charge in [-0.15, -0.1) is 4.39 Å². The van der Waals surface area contributed by atoms with Crippen LogP contribution in [0.2, 0.25) is 0 Å². The molecule has 6 heteroatoms. The maximum atomic E-state index is 13.2. The summed E-state index contributed by atoms with van der Waals surface area (Å²) in [6.07, 6.45) is 4.71. The zero-order valence-electron chi connectivity index (χ0n) is 13.1. The van der Waals surface area contributed by atoms with Crippen molar-refractivity contribution in [3.63, 3.8) is 0 Å². The monoisotopic (exact) mass is 317 g/mol. The first-order valence-corrected chi connectivity index (χ1v) is 8.19. The highest BCUT2D eigenvalue weighted by atomic mass is 19.1. The molecule has 0 saturated carbocycles. The van der Waals surface area contributed by atoms with Gasteiger partial charge < -0.3 is 14.6 Å². The van der Waals surface area contributed by atoms with Crippen LogP contribution in [0.15, 0.2) is 22.6 Å². The Bertz CT molecular complexity index is 731. The summed E-state index contributed by atoms with van der Waals surface area (Å²) in [6.45, 7) is 0. The minimum absolute atomic E-state index is 0.168. The lowest BCUT2D eigenvalue weighted by Crippen LogP contribution is -2.55. The number of rotatable bonds is 2. The Labute approximate surface area is 133 Å². The second-order valence-electron chi connectivity index (χ2n) is 6.66. The molecule has 2 fully saturated rings. The molecule has 2 aliphatic rings. The molecule has 3 heterocycles. The van der Waals surface area contributed by atoms with Crippen molar-refractivity contribution in [2.75, 3.05) is 7.05 Å². The van der Waals surface area contributed by atoms with Crippen LogP contribution in [-0.2, 0) is 0 Å². The Kier molecular flexibility index (Phi) is 3.56. The number of amides is 1. The normalized spacial score (nSPS) is 28.0. The largest absolute Gasteiger partial charge is 0.415 e. The first-order valence-electron chi connectivity index (χ1n) is 8.19. The summed E-state index contributed by atoms with van der Waals surface area (Å²) in [7, 11) is 2.19. The van der Waals surface area contributed by atoms with Gasteiger partial charge in [0.25, 0.3) is 5.91 Å². The number of oxazole rings is 1. The Balaban J connectivity index is 1.53. The van der Waals surface area contributed by atoms with Crippen LogP contribution in [0.3, 0.4) is 0 Å². The average molecular weight is 317 g/mol. The van der Waals surface area contributed by atoms with Crippen molar-refractivity contribution in [1.29, 1.82) is 0 Å². The minimum Gasteiger partial charge on any atom is -0.415 e. The molecule has 0 spiro atoms. The fourth-order valence-electron chi connectivity index (χ4n) is 4.10. The number of nitrogens with zero attached hydrogens (tertiary/aromatic N) is 2. The van der Waals surface area contributed by atoms with Gasteiger partial charge in [-0.25, -0.2) is 0 Å². The molecule has 2 atom stereocenters. The van der Waals surface area contributed by atoms with Crippen molar-refractivity contribution >= 4 is 17.0 Å². The molecule has 5 nitrogen and oxygen atoms in total. The Morgan fingerprint density at radius 3 is 2.83 bits per heavy atom. The van der Waals surface area contributed by atoms with E-state index in [-0.39, 0.29) is 17.5 Å². The van der Waals surface area contributed by atoms with Crippen molar-refractivity contribution in [3.05, 3.63) is 29.9 Å². The van der Waals surface area contributed by atoms with Crippen LogP contribution in [0.25, 0.3) is 11.1 Å². The van der Waals surface area contributed by atoms with E-state index in [0.29, 0.717) is 23.2 Å². The van der Waals surface area contributed by atoms with E-state index in [4.69, 9.17) is 4.42 Å². The van der Waals surface area contributed by atoms with Crippen LogP contribution in [0, 0.1) is 6.14 Å². The van der Waals surface area contributed by atoms with Gasteiger partial charge >= 0.3 is 6.14 Å². The van der Waals surface area contributed by atoms with Crippen molar-refractivity contribution in [3.8, 4) is 0 Å². The first-order chi connectivity index (χ1) is 11.1. The number of nitrogens with one attached hydrogen (secondary N) is 1. The Morgan fingerprint density at radius 1 is 1.35 bits per heavy atom. The fourth-order valence-corrected chi connectivity index (χ4v) is 4.10. The zero-order valence-corrected chi connectivity index (χ0v) is 13.1. The molecule has 2 aromatic rings. The molecule has 23 heavy (non-hydrogen) atoms. The molecule has 4 rings (SSSR count). The third-order valence-corrected chi connectivity index (χ3v) is 5.31. The number of benzene rings is 1. The number of carbonyl (C=O) groups is 1. The minimum atomic E-state index is -0.908. The summed E-state index contributed by atoms with van der Waals surface area (Å²) in [5.74, 6) is -0.198. The van der Waals surface area contributed by atoms with Gasteiger partial charge in [0.2, 0.25) is 0 Å². The maximum Gasteiger partial charge on any atom is 0.382 e. The number of carbonyl (C=O) groups excluding carboxylic acids is 1. The first kappa shape index (κ1) is 14.6. The third-order valence-electron chi connectivity index (χ3n) is 5.31. The van der Waals surface area contributed by atoms with Gasteiger partial charge in [0, 0.05) is 18.1 Å². The second-order valence-corrected chi connectivity index (χ2v) is 6.66. The van der Waals surface area contributed by atoms with Crippen LogP contribution in [0.4, 0.5) is 4.39 Å². The standard InChI is InChI=1S/C17H20FN3O2/c1-21-11-4-2-5-12(21)9-10(8-11)19-16(22)13-6-3-7-14-15(13)20-17(18)23-14/h3,6-7,10-12H,2,4-5,8-9H2,1H3,(H,19,22). The summed E-state index contributed by atoms with van der Waals surface area (Å²) in [5, 5.41) is 3.12. The van der Waals surface area contributed by atoms with E-state index in [1.165, 1.54) is 19.3 Å². The summed E-state index contributed by atoms with van der Waals surface area (Å²) in [6, 6.07) is 6.23. The predicted octanol–water partition coefficient (Wildman–Crippen LogP) is 2.71. The highest BCUT2D eigenvalue weighted by molar-refractivity contribution is 6.04. The predicted molar refractivity (Wildman–Crippen MR) is 83.6 cm³/mol. The van der Waals surface area contributed by atoms with Gasteiger partial charge in [-0.1, -0.05) is 12.5 Å². The molecule has 1 aromatic heterocycles. The van der Waals surface area contributed by atoms with Crippen LogP contribution >= 0.6 is 0 Å². The van der Waals surface area contributed by atoms with E-state index in [1.807, 2.05) is 0 Å². The van der Waals surface area contributed by atoms with Gasteiger partial charge in [0.1, 0.15) is 5.52 Å². The molecule has 2 unspecified atom stereocenters. The molecule has 1 aromatic carbocycles. The van der Waals surface area contributed by atoms with Gasteiger partial charge in [0.15, 0.2) is 5.58 Å². The molecule has 1 N–H and O–H groups in total. The molecule has 122 valence electrons.